The maximum atomic E-state index is 13.3. The summed E-state index contributed by atoms with van der Waals surface area (Å²) in [7, 11) is 0. The fourth-order valence-corrected chi connectivity index (χ4v) is 2.88. The second-order valence-corrected chi connectivity index (χ2v) is 5.52. The lowest BCUT2D eigenvalue weighted by molar-refractivity contribution is 0.507. The minimum Gasteiger partial charge on any atom is -0.204 e. The van der Waals surface area contributed by atoms with Crippen LogP contribution >= 0.6 is 11.6 Å². The summed E-state index contributed by atoms with van der Waals surface area (Å²) in [6.07, 6.45) is 0.451. The van der Waals surface area contributed by atoms with Gasteiger partial charge in [-0.05, 0) is 40.5 Å². The van der Waals surface area contributed by atoms with Gasteiger partial charge in [-0.15, -0.1) is 11.6 Å². The van der Waals surface area contributed by atoms with Gasteiger partial charge in [0.25, 0.3) is 0 Å². The molecule has 0 saturated heterocycles. The molecule has 21 heavy (non-hydrogen) atoms. The van der Waals surface area contributed by atoms with Crippen molar-refractivity contribution in [2.45, 2.75) is 11.8 Å². The second-order valence-electron chi connectivity index (χ2n) is 4.99. The van der Waals surface area contributed by atoms with Crippen LogP contribution in [-0.2, 0) is 6.42 Å². The molecule has 106 valence electrons. The molecular formula is C18H13ClF2. The van der Waals surface area contributed by atoms with Crippen LogP contribution in [0.25, 0.3) is 10.8 Å². The SMILES string of the molecule is Fc1ccc(CC(Cl)c2cccc3ccccc23)cc1F. The standard InChI is InChI=1S/C18H13ClF2/c19-16(10-12-8-9-17(20)18(21)11-12)15-7-3-5-13-4-1-2-6-14(13)15/h1-9,11,16H,10H2. The maximum absolute atomic E-state index is 13.3. The first-order valence-corrected chi connectivity index (χ1v) is 7.14. The van der Waals surface area contributed by atoms with E-state index in [-0.39, 0.29) is 5.38 Å². The molecule has 0 nitrogen and oxygen atoms in total. The van der Waals surface area contributed by atoms with Gasteiger partial charge in [0.1, 0.15) is 0 Å². The van der Waals surface area contributed by atoms with Crippen molar-refractivity contribution < 1.29 is 8.78 Å². The lowest BCUT2D eigenvalue weighted by Crippen LogP contribution is -1.98. The van der Waals surface area contributed by atoms with Gasteiger partial charge in [-0.3, -0.25) is 0 Å². The zero-order chi connectivity index (χ0) is 14.8. The van der Waals surface area contributed by atoms with Crippen LogP contribution in [-0.4, -0.2) is 0 Å². The molecule has 1 unspecified atom stereocenters. The van der Waals surface area contributed by atoms with Gasteiger partial charge in [-0.25, -0.2) is 8.78 Å². The van der Waals surface area contributed by atoms with E-state index in [1.807, 2.05) is 42.5 Å². The molecule has 0 aliphatic heterocycles. The van der Waals surface area contributed by atoms with Crippen LogP contribution in [0.3, 0.4) is 0 Å². The second kappa shape index (κ2) is 5.82. The molecule has 0 aliphatic rings. The fourth-order valence-electron chi connectivity index (χ4n) is 2.51. The Morgan fingerprint density at radius 3 is 2.43 bits per heavy atom. The summed E-state index contributed by atoms with van der Waals surface area (Å²) < 4.78 is 26.2. The molecule has 0 heterocycles. The minimum absolute atomic E-state index is 0.291. The number of hydrogen-bond donors (Lipinski definition) is 0. The van der Waals surface area contributed by atoms with Crippen LogP contribution in [0.15, 0.2) is 60.7 Å². The average molecular weight is 303 g/mol. The summed E-state index contributed by atoms with van der Waals surface area (Å²) in [5.74, 6) is -1.68. The molecule has 0 saturated carbocycles. The highest BCUT2D eigenvalue weighted by Gasteiger charge is 2.13. The summed E-state index contributed by atoms with van der Waals surface area (Å²) in [6.45, 7) is 0. The smallest absolute Gasteiger partial charge is 0.159 e. The monoisotopic (exact) mass is 302 g/mol. The highest BCUT2D eigenvalue weighted by Crippen LogP contribution is 2.31. The number of alkyl halides is 1. The van der Waals surface area contributed by atoms with Crippen molar-refractivity contribution in [3.05, 3.63) is 83.4 Å². The van der Waals surface area contributed by atoms with Crippen molar-refractivity contribution in [1.29, 1.82) is 0 Å². The van der Waals surface area contributed by atoms with Gasteiger partial charge in [-0.1, -0.05) is 48.5 Å². The Balaban J connectivity index is 1.93. The molecule has 0 amide bonds. The lowest BCUT2D eigenvalue weighted by Gasteiger charge is -2.13. The van der Waals surface area contributed by atoms with E-state index in [0.717, 1.165) is 22.4 Å². The largest absolute Gasteiger partial charge is 0.204 e. The topological polar surface area (TPSA) is 0 Å². The lowest BCUT2D eigenvalue weighted by atomic mass is 9.98. The van der Waals surface area contributed by atoms with Gasteiger partial charge in [-0.2, -0.15) is 0 Å². The van der Waals surface area contributed by atoms with Gasteiger partial charge in [0, 0.05) is 0 Å². The molecule has 0 bridgehead atoms. The summed E-state index contributed by atoms with van der Waals surface area (Å²) >= 11 is 6.50. The molecule has 3 aromatic rings. The quantitative estimate of drug-likeness (QED) is 0.549. The maximum Gasteiger partial charge on any atom is 0.159 e. The number of fused-ring (bicyclic) bond motifs is 1. The van der Waals surface area contributed by atoms with Crippen LogP contribution in [0.2, 0.25) is 0 Å². The predicted octanol–water partition coefficient (Wildman–Crippen LogP) is 5.64. The highest BCUT2D eigenvalue weighted by atomic mass is 35.5. The zero-order valence-electron chi connectivity index (χ0n) is 11.2. The van der Waals surface area contributed by atoms with E-state index >= 15 is 0 Å². The molecule has 0 aromatic heterocycles. The zero-order valence-corrected chi connectivity index (χ0v) is 11.9. The fraction of sp³-hybridized carbons (Fsp3) is 0.111. The third-order valence-corrected chi connectivity index (χ3v) is 3.95. The third-order valence-electron chi connectivity index (χ3n) is 3.56. The predicted molar refractivity (Wildman–Crippen MR) is 82.6 cm³/mol. The van der Waals surface area contributed by atoms with E-state index in [1.165, 1.54) is 6.07 Å². The van der Waals surface area contributed by atoms with E-state index in [0.29, 0.717) is 12.0 Å². The summed E-state index contributed by atoms with van der Waals surface area (Å²) in [5.41, 5.74) is 1.68. The number of halogens is 3. The Morgan fingerprint density at radius 1 is 0.857 bits per heavy atom. The molecule has 0 aliphatic carbocycles. The summed E-state index contributed by atoms with van der Waals surface area (Å²) in [6, 6.07) is 17.9. The number of benzene rings is 3. The normalized spacial score (nSPS) is 12.5. The van der Waals surface area contributed by atoms with E-state index in [4.69, 9.17) is 11.6 Å². The van der Waals surface area contributed by atoms with Crippen LogP contribution in [0, 0.1) is 11.6 Å². The summed E-state index contributed by atoms with van der Waals surface area (Å²) in [4.78, 5) is 0. The third kappa shape index (κ3) is 2.91. The molecule has 3 heteroatoms. The number of hydrogen-bond acceptors (Lipinski definition) is 0. The Kier molecular flexibility index (Phi) is 3.89. The van der Waals surface area contributed by atoms with Crippen LogP contribution in [0.5, 0.6) is 0 Å². The van der Waals surface area contributed by atoms with E-state index in [9.17, 15) is 8.78 Å². The molecule has 0 spiro atoms. The average Bonchev–Trinajstić information content (AvgIpc) is 2.50. The summed E-state index contributed by atoms with van der Waals surface area (Å²) in [5, 5.41) is 1.91. The van der Waals surface area contributed by atoms with Gasteiger partial charge >= 0.3 is 0 Å². The Morgan fingerprint density at radius 2 is 1.62 bits per heavy atom. The van der Waals surface area contributed by atoms with Gasteiger partial charge in [0.15, 0.2) is 11.6 Å². The van der Waals surface area contributed by atoms with Crippen molar-refractivity contribution in [3.63, 3.8) is 0 Å². The van der Waals surface area contributed by atoms with E-state index in [1.54, 1.807) is 6.07 Å². The van der Waals surface area contributed by atoms with Gasteiger partial charge in [0.2, 0.25) is 0 Å². The van der Waals surface area contributed by atoms with Crippen LogP contribution < -0.4 is 0 Å². The highest BCUT2D eigenvalue weighted by molar-refractivity contribution is 6.22. The molecule has 0 N–H and O–H groups in total. The molecule has 0 radical (unpaired) electrons. The van der Waals surface area contributed by atoms with Crippen molar-refractivity contribution in [2.24, 2.45) is 0 Å². The molecule has 3 rings (SSSR count). The van der Waals surface area contributed by atoms with Crippen molar-refractivity contribution in [2.75, 3.05) is 0 Å². The molecule has 1 atom stereocenters. The van der Waals surface area contributed by atoms with Crippen LogP contribution in [0.1, 0.15) is 16.5 Å². The Bertz CT molecular complexity index is 778. The van der Waals surface area contributed by atoms with Crippen molar-refractivity contribution in [3.8, 4) is 0 Å². The minimum atomic E-state index is -0.839. The van der Waals surface area contributed by atoms with Crippen molar-refractivity contribution in [1.82, 2.24) is 0 Å². The van der Waals surface area contributed by atoms with Crippen LogP contribution in [0.4, 0.5) is 8.78 Å². The van der Waals surface area contributed by atoms with E-state index in [2.05, 4.69) is 0 Å². The van der Waals surface area contributed by atoms with Crippen molar-refractivity contribution >= 4 is 22.4 Å². The molecular weight excluding hydrogens is 290 g/mol. The Labute approximate surface area is 127 Å². The van der Waals surface area contributed by atoms with Gasteiger partial charge < -0.3 is 0 Å². The number of rotatable bonds is 3. The molecule has 3 aromatic carbocycles. The van der Waals surface area contributed by atoms with E-state index < -0.39 is 11.6 Å². The first-order chi connectivity index (χ1) is 10.1. The molecule has 0 fully saturated rings. The Hall–Kier alpha value is -1.93. The first-order valence-electron chi connectivity index (χ1n) is 6.71. The first kappa shape index (κ1) is 14.0. The van der Waals surface area contributed by atoms with Gasteiger partial charge in [0.05, 0.1) is 5.38 Å².